The van der Waals surface area contributed by atoms with Crippen LogP contribution in [0.4, 0.5) is 0 Å². The number of hydrogen-bond donors (Lipinski definition) is 1. The molecular formula is C21H28N2O4. The average Bonchev–Trinajstić information content (AvgIpc) is 3.07. The Hall–Kier alpha value is -2.37. The highest BCUT2D eigenvalue weighted by atomic mass is 16.4. The highest BCUT2D eigenvalue weighted by molar-refractivity contribution is 5.89. The van der Waals surface area contributed by atoms with Crippen LogP contribution in [0, 0.1) is 5.92 Å². The summed E-state index contributed by atoms with van der Waals surface area (Å²) in [6.07, 6.45) is 3.64. The largest absolute Gasteiger partial charge is 0.481 e. The van der Waals surface area contributed by atoms with E-state index in [1.807, 2.05) is 42.2 Å². The van der Waals surface area contributed by atoms with Crippen LogP contribution < -0.4 is 0 Å². The normalized spacial score (nSPS) is 24.1. The van der Waals surface area contributed by atoms with Crippen LogP contribution in [0.2, 0.25) is 0 Å². The number of likely N-dealkylation sites (tertiary alicyclic amines) is 2. The molecule has 2 fully saturated rings. The topological polar surface area (TPSA) is 77.9 Å². The SMILES string of the molecule is CC(c1ccccc1)N1CC(C(=O)N2CCCCC2CCC(=O)O)CC1=O. The molecule has 3 unspecified atom stereocenters. The first kappa shape index (κ1) is 19.4. The van der Waals surface area contributed by atoms with Crippen LogP contribution in [-0.2, 0) is 14.4 Å². The Bertz CT molecular complexity index is 691. The van der Waals surface area contributed by atoms with Gasteiger partial charge in [-0.05, 0) is 38.2 Å². The molecule has 146 valence electrons. The number of nitrogens with zero attached hydrogens (tertiary/aromatic N) is 2. The molecule has 0 bridgehead atoms. The molecule has 0 spiro atoms. The van der Waals surface area contributed by atoms with Gasteiger partial charge < -0.3 is 14.9 Å². The number of aliphatic carboxylic acids is 1. The first-order valence-corrected chi connectivity index (χ1v) is 9.84. The number of benzene rings is 1. The number of carbonyl (C=O) groups is 3. The van der Waals surface area contributed by atoms with Crippen molar-refractivity contribution in [2.45, 2.75) is 57.5 Å². The van der Waals surface area contributed by atoms with E-state index in [-0.39, 0.29) is 42.7 Å². The Morgan fingerprint density at radius 2 is 1.96 bits per heavy atom. The number of carboxylic acid groups (broad SMARTS) is 1. The van der Waals surface area contributed by atoms with Crippen LogP contribution in [-0.4, -0.2) is 51.8 Å². The van der Waals surface area contributed by atoms with E-state index in [0.29, 0.717) is 19.5 Å². The molecule has 3 rings (SSSR count). The fourth-order valence-corrected chi connectivity index (χ4v) is 4.30. The maximum absolute atomic E-state index is 13.1. The number of carbonyl (C=O) groups excluding carboxylic acids is 2. The monoisotopic (exact) mass is 372 g/mol. The Balaban J connectivity index is 1.66. The first-order chi connectivity index (χ1) is 13.0. The van der Waals surface area contributed by atoms with Gasteiger partial charge in [0.15, 0.2) is 0 Å². The van der Waals surface area contributed by atoms with Crippen molar-refractivity contribution < 1.29 is 19.5 Å². The number of rotatable bonds is 6. The Kier molecular flexibility index (Phi) is 6.14. The van der Waals surface area contributed by atoms with Crippen molar-refractivity contribution in [1.29, 1.82) is 0 Å². The van der Waals surface area contributed by atoms with Gasteiger partial charge in [-0.25, -0.2) is 0 Å². The molecule has 2 saturated heterocycles. The van der Waals surface area contributed by atoms with Gasteiger partial charge in [0.25, 0.3) is 0 Å². The molecule has 6 nitrogen and oxygen atoms in total. The van der Waals surface area contributed by atoms with E-state index in [0.717, 1.165) is 24.8 Å². The van der Waals surface area contributed by atoms with Gasteiger partial charge >= 0.3 is 5.97 Å². The fraction of sp³-hybridized carbons (Fsp3) is 0.571. The summed E-state index contributed by atoms with van der Waals surface area (Å²) in [5, 5.41) is 8.96. The van der Waals surface area contributed by atoms with Crippen molar-refractivity contribution in [1.82, 2.24) is 9.80 Å². The quantitative estimate of drug-likeness (QED) is 0.833. The average molecular weight is 372 g/mol. The summed E-state index contributed by atoms with van der Waals surface area (Å²) in [5.41, 5.74) is 1.07. The van der Waals surface area contributed by atoms with Gasteiger partial charge in [0.2, 0.25) is 11.8 Å². The van der Waals surface area contributed by atoms with Crippen LogP contribution in [0.1, 0.15) is 57.1 Å². The van der Waals surface area contributed by atoms with Gasteiger partial charge in [-0.2, -0.15) is 0 Å². The highest BCUT2D eigenvalue weighted by Gasteiger charge is 2.40. The number of amides is 2. The molecule has 2 amide bonds. The Labute approximate surface area is 160 Å². The van der Waals surface area contributed by atoms with Crippen molar-refractivity contribution in [3.05, 3.63) is 35.9 Å². The molecule has 0 aromatic heterocycles. The lowest BCUT2D eigenvalue weighted by Crippen LogP contribution is -2.47. The number of piperidine rings is 1. The lowest BCUT2D eigenvalue weighted by molar-refractivity contribution is -0.142. The van der Waals surface area contributed by atoms with E-state index in [1.54, 1.807) is 4.90 Å². The molecule has 2 heterocycles. The first-order valence-electron chi connectivity index (χ1n) is 9.84. The van der Waals surface area contributed by atoms with Crippen LogP contribution in [0.3, 0.4) is 0 Å². The van der Waals surface area contributed by atoms with Crippen LogP contribution in [0.15, 0.2) is 30.3 Å². The predicted octanol–water partition coefficient (Wildman–Crippen LogP) is 2.84. The van der Waals surface area contributed by atoms with Crippen molar-refractivity contribution in [3.63, 3.8) is 0 Å². The maximum atomic E-state index is 13.1. The van der Waals surface area contributed by atoms with Gasteiger partial charge in [-0.1, -0.05) is 30.3 Å². The molecule has 0 radical (unpaired) electrons. The second kappa shape index (κ2) is 8.55. The Morgan fingerprint density at radius 3 is 2.67 bits per heavy atom. The summed E-state index contributed by atoms with van der Waals surface area (Å²) in [6.45, 7) is 3.11. The standard InChI is InChI=1S/C21H28N2O4/c1-15(16-7-3-2-4-8-16)23-14-17(13-19(23)24)21(27)22-12-6-5-9-18(22)10-11-20(25)26/h2-4,7-8,15,17-18H,5-6,9-14H2,1H3,(H,25,26). The summed E-state index contributed by atoms with van der Waals surface area (Å²) in [5.74, 6) is -1.12. The van der Waals surface area contributed by atoms with Gasteiger partial charge in [0.05, 0.1) is 12.0 Å². The Morgan fingerprint density at radius 1 is 1.22 bits per heavy atom. The summed E-state index contributed by atoms with van der Waals surface area (Å²) in [4.78, 5) is 40.2. The van der Waals surface area contributed by atoms with Gasteiger partial charge in [-0.3, -0.25) is 14.4 Å². The third kappa shape index (κ3) is 4.49. The molecule has 1 N–H and O–H groups in total. The van der Waals surface area contributed by atoms with E-state index in [9.17, 15) is 14.4 Å². The van der Waals surface area contributed by atoms with Gasteiger partial charge in [-0.15, -0.1) is 0 Å². The number of hydrogen-bond acceptors (Lipinski definition) is 3. The minimum Gasteiger partial charge on any atom is -0.481 e. The number of carboxylic acids is 1. The molecule has 0 saturated carbocycles. The summed E-state index contributed by atoms with van der Waals surface area (Å²) in [6, 6.07) is 9.78. The van der Waals surface area contributed by atoms with Crippen LogP contribution in [0.5, 0.6) is 0 Å². The van der Waals surface area contributed by atoms with E-state index in [4.69, 9.17) is 5.11 Å². The molecule has 0 aliphatic carbocycles. The van der Waals surface area contributed by atoms with E-state index < -0.39 is 5.97 Å². The third-order valence-corrected chi connectivity index (χ3v) is 5.86. The molecule has 1 aromatic carbocycles. The smallest absolute Gasteiger partial charge is 0.303 e. The molecule has 3 atom stereocenters. The molecule has 2 aliphatic rings. The van der Waals surface area contributed by atoms with Crippen molar-refractivity contribution in [3.8, 4) is 0 Å². The van der Waals surface area contributed by atoms with Crippen molar-refractivity contribution in [2.24, 2.45) is 5.92 Å². The zero-order chi connectivity index (χ0) is 19.4. The summed E-state index contributed by atoms with van der Waals surface area (Å²) < 4.78 is 0. The zero-order valence-corrected chi connectivity index (χ0v) is 15.8. The van der Waals surface area contributed by atoms with Gasteiger partial charge in [0.1, 0.15) is 0 Å². The second-order valence-electron chi connectivity index (χ2n) is 7.65. The molecule has 1 aromatic rings. The lowest BCUT2D eigenvalue weighted by Gasteiger charge is -2.37. The van der Waals surface area contributed by atoms with Gasteiger partial charge in [0, 0.05) is 32.0 Å². The molecule has 6 heteroatoms. The summed E-state index contributed by atoms with van der Waals surface area (Å²) in [7, 11) is 0. The second-order valence-corrected chi connectivity index (χ2v) is 7.65. The van der Waals surface area contributed by atoms with E-state index >= 15 is 0 Å². The predicted molar refractivity (Wildman–Crippen MR) is 101 cm³/mol. The van der Waals surface area contributed by atoms with Crippen LogP contribution in [0.25, 0.3) is 0 Å². The lowest BCUT2D eigenvalue weighted by atomic mass is 9.95. The molecule has 27 heavy (non-hydrogen) atoms. The van der Waals surface area contributed by atoms with Crippen molar-refractivity contribution >= 4 is 17.8 Å². The summed E-state index contributed by atoms with van der Waals surface area (Å²) >= 11 is 0. The minimum atomic E-state index is -0.827. The maximum Gasteiger partial charge on any atom is 0.303 e. The zero-order valence-electron chi connectivity index (χ0n) is 15.8. The third-order valence-electron chi connectivity index (χ3n) is 5.86. The minimum absolute atomic E-state index is 0.0150. The van der Waals surface area contributed by atoms with Crippen LogP contribution >= 0.6 is 0 Å². The molecular weight excluding hydrogens is 344 g/mol. The van der Waals surface area contributed by atoms with E-state index in [2.05, 4.69) is 0 Å². The van der Waals surface area contributed by atoms with Crippen molar-refractivity contribution in [2.75, 3.05) is 13.1 Å². The fourth-order valence-electron chi connectivity index (χ4n) is 4.30. The van der Waals surface area contributed by atoms with E-state index in [1.165, 1.54) is 0 Å². The molecule has 2 aliphatic heterocycles. The highest BCUT2D eigenvalue weighted by Crippen LogP contribution is 2.31.